The number of nitrogens with zero attached hydrogens (tertiary/aromatic N) is 2. The van der Waals surface area contributed by atoms with Gasteiger partial charge in [-0.15, -0.1) is 0 Å². The van der Waals surface area contributed by atoms with Crippen molar-refractivity contribution in [1.29, 1.82) is 0 Å². The molecule has 0 fully saturated rings. The van der Waals surface area contributed by atoms with Gasteiger partial charge in [-0.1, -0.05) is 6.07 Å². The molecule has 1 aromatic heterocycles. The molecule has 3 nitrogen and oxygen atoms in total. The van der Waals surface area contributed by atoms with Gasteiger partial charge in [0.2, 0.25) is 0 Å². The van der Waals surface area contributed by atoms with Gasteiger partial charge in [0.25, 0.3) is 0 Å². The fraction of sp³-hybridized carbons (Fsp3) is 0.364. The molecule has 0 spiro atoms. The topological polar surface area (TPSA) is 43.8 Å². The highest BCUT2D eigenvalue weighted by atomic mass is 15.1. The lowest BCUT2D eigenvalue weighted by atomic mass is 10.2. The molecule has 1 heterocycles. The predicted molar refractivity (Wildman–Crippen MR) is 58.1 cm³/mol. The summed E-state index contributed by atoms with van der Waals surface area (Å²) < 4.78 is 2.06. The summed E-state index contributed by atoms with van der Waals surface area (Å²) in [6.45, 7) is 4.02. The van der Waals surface area contributed by atoms with E-state index in [9.17, 15) is 0 Å². The molecule has 1 atom stereocenters. The van der Waals surface area contributed by atoms with E-state index < -0.39 is 0 Å². The van der Waals surface area contributed by atoms with Crippen LogP contribution in [0.15, 0.2) is 18.2 Å². The third-order valence-electron chi connectivity index (χ3n) is 2.48. The van der Waals surface area contributed by atoms with Crippen LogP contribution >= 0.6 is 0 Å². The van der Waals surface area contributed by atoms with Crippen molar-refractivity contribution < 1.29 is 0 Å². The number of aryl methyl sites for hydroxylation is 2. The van der Waals surface area contributed by atoms with E-state index in [0.717, 1.165) is 16.9 Å². The normalized spacial score (nSPS) is 13.4. The van der Waals surface area contributed by atoms with Gasteiger partial charge in [0.05, 0.1) is 17.1 Å². The van der Waals surface area contributed by atoms with E-state index in [1.54, 1.807) is 0 Å². The zero-order valence-electron chi connectivity index (χ0n) is 8.78. The Morgan fingerprint density at radius 2 is 2.14 bits per heavy atom. The summed E-state index contributed by atoms with van der Waals surface area (Å²) in [5.41, 5.74) is 9.23. The lowest BCUT2D eigenvalue weighted by Gasteiger charge is -2.04. The first-order chi connectivity index (χ1) is 6.59. The Balaban J connectivity index is 2.73. The van der Waals surface area contributed by atoms with Gasteiger partial charge in [-0.25, -0.2) is 4.98 Å². The van der Waals surface area contributed by atoms with Crippen molar-refractivity contribution in [2.45, 2.75) is 19.9 Å². The second kappa shape index (κ2) is 3.10. The molecule has 0 bridgehead atoms. The molecule has 3 heteroatoms. The van der Waals surface area contributed by atoms with Crippen LogP contribution in [0.4, 0.5) is 0 Å². The number of hydrogen-bond acceptors (Lipinski definition) is 2. The van der Waals surface area contributed by atoms with Gasteiger partial charge in [0.15, 0.2) is 0 Å². The maximum Gasteiger partial charge on any atom is 0.126 e. The fourth-order valence-corrected chi connectivity index (χ4v) is 1.74. The molecule has 14 heavy (non-hydrogen) atoms. The standard InChI is InChI=1S/C11H15N3/c1-7-4-5-10-9(6-7)13-11(8(2)12)14(10)3/h4-6,8H,12H2,1-3H3. The van der Waals surface area contributed by atoms with Crippen molar-refractivity contribution in [2.75, 3.05) is 0 Å². The summed E-state index contributed by atoms with van der Waals surface area (Å²) in [5, 5.41) is 0. The van der Waals surface area contributed by atoms with E-state index >= 15 is 0 Å². The first kappa shape index (κ1) is 9.21. The molecular weight excluding hydrogens is 174 g/mol. The third-order valence-corrected chi connectivity index (χ3v) is 2.48. The number of hydrogen-bond donors (Lipinski definition) is 1. The monoisotopic (exact) mass is 189 g/mol. The maximum absolute atomic E-state index is 5.83. The number of aromatic nitrogens is 2. The third kappa shape index (κ3) is 1.30. The highest BCUT2D eigenvalue weighted by molar-refractivity contribution is 5.76. The molecule has 2 rings (SSSR count). The second-order valence-electron chi connectivity index (χ2n) is 3.81. The smallest absolute Gasteiger partial charge is 0.126 e. The lowest BCUT2D eigenvalue weighted by Crippen LogP contribution is -2.11. The van der Waals surface area contributed by atoms with Crippen molar-refractivity contribution in [3.63, 3.8) is 0 Å². The molecule has 0 saturated carbocycles. The van der Waals surface area contributed by atoms with Crippen LogP contribution in [0, 0.1) is 6.92 Å². The highest BCUT2D eigenvalue weighted by Crippen LogP contribution is 2.19. The highest BCUT2D eigenvalue weighted by Gasteiger charge is 2.10. The van der Waals surface area contributed by atoms with Crippen molar-refractivity contribution >= 4 is 11.0 Å². The number of nitrogens with two attached hydrogens (primary N) is 1. The second-order valence-corrected chi connectivity index (χ2v) is 3.81. The van der Waals surface area contributed by atoms with Crippen LogP contribution < -0.4 is 5.73 Å². The van der Waals surface area contributed by atoms with Gasteiger partial charge < -0.3 is 10.3 Å². The molecule has 0 aliphatic heterocycles. The molecule has 2 aromatic rings. The van der Waals surface area contributed by atoms with Crippen LogP contribution in [0.5, 0.6) is 0 Å². The molecule has 1 aromatic carbocycles. The van der Waals surface area contributed by atoms with Crippen LogP contribution in [0.25, 0.3) is 11.0 Å². The van der Waals surface area contributed by atoms with E-state index in [2.05, 4.69) is 34.7 Å². The van der Waals surface area contributed by atoms with E-state index in [1.807, 2.05) is 14.0 Å². The number of rotatable bonds is 1. The van der Waals surface area contributed by atoms with Crippen molar-refractivity contribution in [1.82, 2.24) is 9.55 Å². The summed E-state index contributed by atoms with van der Waals surface area (Å²) in [5.74, 6) is 0.936. The average molecular weight is 189 g/mol. The Labute approximate surface area is 83.6 Å². The van der Waals surface area contributed by atoms with E-state index in [1.165, 1.54) is 5.56 Å². The first-order valence-corrected chi connectivity index (χ1v) is 4.78. The first-order valence-electron chi connectivity index (χ1n) is 4.78. The molecule has 0 radical (unpaired) electrons. The molecule has 0 amide bonds. The van der Waals surface area contributed by atoms with Gasteiger partial charge in [0, 0.05) is 7.05 Å². The number of imidazole rings is 1. The molecular formula is C11H15N3. The Morgan fingerprint density at radius 3 is 2.79 bits per heavy atom. The summed E-state index contributed by atoms with van der Waals surface area (Å²) >= 11 is 0. The predicted octanol–water partition coefficient (Wildman–Crippen LogP) is 1.90. The number of benzene rings is 1. The fourth-order valence-electron chi connectivity index (χ4n) is 1.74. The molecule has 1 unspecified atom stereocenters. The molecule has 74 valence electrons. The summed E-state index contributed by atoms with van der Waals surface area (Å²) in [7, 11) is 2.00. The Bertz CT molecular complexity index is 469. The summed E-state index contributed by atoms with van der Waals surface area (Å²) in [6.07, 6.45) is 0. The van der Waals surface area contributed by atoms with E-state index in [-0.39, 0.29) is 6.04 Å². The van der Waals surface area contributed by atoms with Crippen molar-refractivity contribution in [3.8, 4) is 0 Å². The van der Waals surface area contributed by atoms with Crippen molar-refractivity contribution in [3.05, 3.63) is 29.6 Å². The van der Waals surface area contributed by atoms with Gasteiger partial charge in [-0.2, -0.15) is 0 Å². The van der Waals surface area contributed by atoms with Crippen LogP contribution in [0.2, 0.25) is 0 Å². The summed E-state index contributed by atoms with van der Waals surface area (Å²) in [4.78, 5) is 4.51. The van der Waals surface area contributed by atoms with Gasteiger partial charge in [0.1, 0.15) is 5.82 Å². The Hall–Kier alpha value is -1.35. The van der Waals surface area contributed by atoms with Crippen LogP contribution in [-0.4, -0.2) is 9.55 Å². The van der Waals surface area contributed by atoms with Crippen LogP contribution in [0.1, 0.15) is 24.4 Å². The van der Waals surface area contributed by atoms with Gasteiger partial charge >= 0.3 is 0 Å². The zero-order chi connectivity index (χ0) is 10.3. The Morgan fingerprint density at radius 1 is 1.43 bits per heavy atom. The van der Waals surface area contributed by atoms with Crippen molar-refractivity contribution in [2.24, 2.45) is 12.8 Å². The maximum atomic E-state index is 5.83. The quantitative estimate of drug-likeness (QED) is 0.744. The molecule has 2 N–H and O–H groups in total. The minimum absolute atomic E-state index is 0.0206. The lowest BCUT2D eigenvalue weighted by molar-refractivity contribution is 0.696. The minimum Gasteiger partial charge on any atom is -0.330 e. The molecule has 0 aliphatic rings. The number of fused-ring (bicyclic) bond motifs is 1. The largest absolute Gasteiger partial charge is 0.330 e. The van der Waals surface area contributed by atoms with E-state index in [0.29, 0.717) is 0 Å². The molecule has 0 aliphatic carbocycles. The average Bonchev–Trinajstić information content (AvgIpc) is 2.43. The van der Waals surface area contributed by atoms with Gasteiger partial charge in [-0.05, 0) is 31.5 Å². The minimum atomic E-state index is -0.0206. The summed E-state index contributed by atoms with van der Waals surface area (Å²) in [6, 6.07) is 6.24. The van der Waals surface area contributed by atoms with Gasteiger partial charge in [-0.3, -0.25) is 0 Å². The van der Waals surface area contributed by atoms with Crippen LogP contribution in [0.3, 0.4) is 0 Å². The zero-order valence-corrected chi connectivity index (χ0v) is 8.78. The van der Waals surface area contributed by atoms with Crippen LogP contribution in [-0.2, 0) is 7.05 Å². The van der Waals surface area contributed by atoms with E-state index in [4.69, 9.17) is 5.73 Å². The SMILES string of the molecule is Cc1ccc2c(c1)nc(C(C)N)n2C. The molecule has 0 saturated heterocycles. The Kier molecular flexibility index (Phi) is 2.04.